The fourth-order valence-corrected chi connectivity index (χ4v) is 3.00. The number of halogens is 2. The average Bonchev–Trinajstić information content (AvgIpc) is 3.22. The highest BCUT2D eigenvalue weighted by Gasteiger charge is 2.14. The van der Waals surface area contributed by atoms with Crippen LogP contribution in [0.5, 0.6) is 0 Å². The van der Waals surface area contributed by atoms with E-state index in [9.17, 15) is 14.0 Å². The number of benzene rings is 1. The summed E-state index contributed by atoms with van der Waals surface area (Å²) in [5.74, 6) is -1.20. The lowest BCUT2D eigenvalue weighted by atomic mass is 10.2. The zero-order chi connectivity index (χ0) is 17.8. The third-order valence-corrected chi connectivity index (χ3v) is 4.36. The molecule has 0 radical (unpaired) electrons. The average molecular weight is 424 g/mol. The van der Waals surface area contributed by atoms with Crippen LogP contribution >= 0.6 is 27.3 Å². The van der Waals surface area contributed by atoms with Crippen molar-refractivity contribution >= 4 is 49.9 Å². The number of furan rings is 1. The minimum atomic E-state index is -0.535. The van der Waals surface area contributed by atoms with Crippen molar-refractivity contribution in [2.75, 3.05) is 10.6 Å². The molecular weight excluding hydrogens is 413 g/mol. The predicted octanol–water partition coefficient (Wildman–Crippen LogP) is 4.07. The molecule has 2 aromatic heterocycles. The SMILES string of the molecule is O=C(Cc1csc(NC(=O)c2ccco2)n1)Nc1ccc(Br)cc1F. The Labute approximate surface area is 154 Å². The van der Waals surface area contributed by atoms with Gasteiger partial charge in [-0.25, -0.2) is 9.37 Å². The third kappa shape index (κ3) is 4.52. The molecule has 0 fully saturated rings. The van der Waals surface area contributed by atoms with Crippen molar-refractivity contribution in [3.05, 3.63) is 63.7 Å². The van der Waals surface area contributed by atoms with Crippen molar-refractivity contribution in [2.45, 2.75) is 6.42 Å². The Morgan fingerprint density at radius 1 is 1.28 bits per heavy atom. The number of rotatable bonds is 5. The number of hydrogen-bond donors (Lipinski definition) is 2. The van der Waals surface area contributed by atoms with Crippen LogP contribution in [0.2, 0.25) is 0 Å². The normalized spacial score (nSPS) is 10.5. The second-order valence-electron chi connectivity index (χ2n) is 4.92. The Bertz CT molecular complexity index is 911. The molecule has 2 N–H and O–H groups in total. The van der Waals surface area contributed by atoms with Gasteiger partial charge in [0.1, 0.15) is 5.82 Å². The fraction of sp³-hybridized carbons (Fsp3) is 0.0625. The van der Waals surface area contributed by atoms with Crippen LogP contribution < -0.4 is 10.6 Å². The van der Waals surface area contributed by atoms with E-state index in [0.29, 0.717) is 15.3 Å². The first-order valence-electron chi connectivity index (χ1n) is 7.05. The number of thiazole rings is 1. The third-order valence-electron chi connectivity index (χ3n) is 3.06. The molecule has 2 heterocycles. The van der Waals surface area contributed by atoms with E-state index in [1.54, 1.807) is 17.5 Å². The van der Waals surface area contributed by atoms with Gasteiger partial charge in [0, 0.05) is 9.85 Å². The van der Waals surface area contributed by atoms with Gasteiger partial charge in [0.2, 0.25) is 5.91 Å². The Balaban J connectivity index is 1.59. The van der Waals surface area contributed by atoms with E-state index in [2.05, 4.69) is 31.5 Å². The monoisotopic (exact) mass is 423 g/mol. The first-order chi connectivity index (χ1) is 12.0. The quantitative estimate of drug-likeness (QED) is 0.647. The van der Waals surface area contributed by atoms with Crippen molar-refractivity contribution in [3.8, 4) is 0 Å². The van der Waals surface area contributed by atoms with Gasteiger partial charge in [-0.3, -0.25) is 14.9 Å². The van der Waals surface area contributed by atoms with Gasteiger partial charge in [0.15, 0.2) is 10.9 Å². The lowest BCUT2D eigenvalue weighted by molar-refractivity contribution is -0.115. The second-order valence-corrected chi connectivity index (χ2v) is 6.70. The molecule has 2 amide bonds. The number of nitrogens with zero attached hydrogens (tertiary/aromatic N) is 1. The molecule has 0 saturated heterocycles. The summed E-state index contributed by atoms with van der Waals surface area (Å²) in [5.41, 5.74) is 0.560. The molecular formula is C16H11BrFN3O3S. The summed E-state index contributed by atoms with van der Waals surface area (Å²) in [6.07, 6.45) is 1.36. The maximum atomic E-state index is 13.7. The number of amides is 2. The van der Waals surface area contributed by atoms with Crippen molar-refractivity contribution in [1.82, 2.24) is 4.98 Å². The number of aromatic nitrogens is 1. The molecule has 9 heteroatoms. The van der Waals surface area contributed by atoms with Crippen molar-refractivity contribution in [1.29, 1.82) is 0 Å². The van der Waals surface area contributed by atoms with Crippen LogP contribution in [0.1, 0.15) is 16.2 Å². The topological polar surface area (TPSA) is 84.2 Å². The van der Waals surface area contributed by atoms with Gasteiger partial charge in [-0.05, 0) is 30.3 Å². The molecule has 128 valence electrons. The molecule has 3 aromatic rings. The van der Waals surface area contributed by atoms with Crippen LogP contribution in [0.25, 0.3) is 0 Å². The molecule has 0 aliphatic rings. The van der Waals surface area contributed by atoms with E-state index in [1.165, 1.54) is 35.8 Å². The Morgan fingerprint density at radius 2 is 2.12 bits per heavy atom. The Kier molecular flexibility index (Phi) is 5.25. The van der Waals surface area contributed by atoms with Crippen molar-refractivity contribution in [2.24, 2.45) is 0 Å². The van der Waals surface area contributed by atoms with Gasteiger partial charge < -0.3 is 9.73 Å². The maximum Gasteiger partial charge on any atom is 0.293 e. The summed E-state index contributed by atoms with van der Waals surface area (Å²) in [7, 11) is 0. The summed E-state index contributed by atoms with van der Waals surface area (Å²) >= 11 is 4.33. The van der Waals surface area contributed by atoms with E-state index in [1.807, 2.05) is 0 Å². The van der Waals surface area contributed by atoms with Gasteiger partial charge in [0.05, 0.1) is 24.1 Å². The van der Waals surface area contributed by atoms with E-state index >= 15 is 0 Å². The number of nitrogens with one attached hydrogen (secondary N) is 2. The van der Waals surface area contributed by atoms with Gasteiger partial charge in [0.25, 0.3) is 5.91 Å². The highest BCUT2D eigenvalue weighted by atomic mass is 79.9. The van der Waals surface area contributed by atoms with Gasteiger partial charge in [-0.15, -0.1) is 11.3 Å². The van der Waals surface area contributed by atoms with Crippen LogP contribution in [-0.2, 0) is 11.2 Å². The minimum Gasteiger partial charge on any atom is -0.459 e. The molecule has 6 nitrogen and oxygen atoms in total. The molecule has 0 saturated carbocycles. The van der Waals surface area contributed by atoms with Crippen molar-refractivity contribution < 1.29 is 18.4 Å². The number of carbonyl (C=O) groups excluding carboxylic acids is 2. The van der Waals surface area contributed by atoms with Gasteiger partial charge >= 0.3 is 0 Å². The standard InChI is InChI=1S/C16H11BrFN3O3S/c17-9-3-4-12(11(18)6-9)20-14(22)7-10-8-25-16(19-10)21-15(23)13-2-1-5-24-13/h1-6,8H,7H2,(H,20,22)(H,19,21,23). The molecule has 0 aliphatic heterocycles. The molecule has 1 aromatic carbocycles. The lowest BCUT2D eigenvalue weighted by Crippen LogP contribution is -2.16. The van der Waals surface area contributed by atoms with Crippen LogP contribution in [-0.4, -0.2) is 16.8 Å². The summed E-state index contributed by atoms with van der Waals surface area (Å²) in [5, 5.41) is 7.06. The van der Waals surface area contributed by atoms with E-state index < -0.39 is 17.6 Å². The highest BCUT2D eigenvalue weighted by molar-refractivity contribution is 9.10. The maximum absolute atomic E-state index is 13.7. The number of anilines is 2. The smallest absolute Gasteiger partial charge is 0.293 e. The Morgan fingerprint density at radius 3 is 2.84 bits per heavy atom. The van der Waals surface area contributed by atoms with Crippen LogP contribution in [0.3, 0.4) is 0 Å². The zero-order valence-electron chi connectivity index (χ0n) is 12.6. The van der Waals surface area contributed by atoms with Crippen molar-refractivity contribution in [3.63, 3.8) is 0 Å². The number of carbonyl (C=O) groups is 2. The van der Waals surface area contributed by atoms with E-state index in [-0.39, 0.29) is 17.9 Å². The van der Waals surface area contributed by atoms with E-state index in [0.717, 1.165) is 0 Å². The zero-order valence-corrected chi connectivity index (χ0v) is 15.0. The molecule has 0 spiro atoms. The second kappa shape index (κ2) is 7.58. The Hall–Kier alpha value is -2.52. The van der Waals surface area contributed by atoms with E-state index in [4.69, 9.17) is 4.42 Å². The first-order valence-corrected chi connectivity index (χ1v) is 8.72. The van der Waals surface area contributed by atoms with Gasteiger partial charge in [-0.2, -0.15) is 0 Å². The molecule has 0 aliphatic carbocycles. The largest absolute Gasteiger partial charge is 0.459 e. The summed E-state index contributed by atoms with van der Waals surface area (Å²) in [6.45, 7) is 0. The molecule has 25 heavy (non-hydrogen) atoms. The molecule has 0 unspecified atom stereocenters. The lowest BCUT2D eigenvalue weighted by Gasteiger charge is -2.05. The van der Waals surface area contributed by atoms with Gasteiger partial charge in [-0.1, -0.05) is 15.9 Å². The van der Waals surface area contributed by atoms with Crippen LogP contribution in [0, 0.1) is 5.82 Å². The molecule has 0 atom stereocenters. The summed E-state index contributed by atoms with van der Waals surface area (Å²) < 4.78 is 19.3. The van der Waals surface area contributed by atoms with Crippen LogP contribution in [0.15, 0.2) is 50.9 Å². The molecule has 0 bridgehead atoms. The first kappa shape index (κ1) is 17.3. The summed E-state index contributed by atoms with van der Waals surface area (Å²) in [6, 6.07) is 7.50. The molecule has 3 rings (SSSR count). The minimum absolute atomic E-state index is 0.0391. The van der Waals surface area contributed by atoms with Crippen LogP contribution in [0.4, 0.5) is 15.2 Å². The fourth-order valence-electron chi connectivity index (χ4n) is 1.96. The highest BCUT2D eigenvalue weighted by Crippen LogP contribution is 2.20. The summed E-state index contributed by atoms with van der Waals surface area (Å²) in [4.78, 5) is 28.0. The number of hydrogen-bond acceptors (Lipinski definition) is 5. The predicted molar refractivity (Wildman–Crippen MR) is 95.2 cm³/mol.